The molecule has 0 amide bonds. The molecule has 6 heteroatoms. The summed E-state index contributed by atoms with van der Waals surface area (Å²) >= 11 is 7.43. The molecule has 0 aliphatic carbocycles. The Bertz CT molecular complexity index is 550. The molecule has 0 aliphatic rings. The minimum absolute atomic E-state index is 0.983. The Morgan fingerprint density at radius 3 is 3.00 bits per heavy atom. The lowest BCUT2D eigenvalue weighted by atomic mass is 10.3. The third kappa shape index (κ3) is 2.38. The van der Waals surface area contributed by atoms with Gasteiger partial charge >= 0.3 is 0 Å². The third-order valence-electron chi connectivity index (χ3n) is 1.91. The van der Waals surface area contributed by atoms with Crippen LogP contribution in [0, 0.1) is 3.57 Å². The summed E-state index contributed by atoms with van der Waals surface area (Å²) in [6.07, 6.45) is 1.81. The van der Waals surface area contributed by atoms with Gasteiger partial charge in [-0.3, -0.25) is 0 Å². The van der Waals surface area contributed by atoms with E-state index in [2.05, 4.69) is 48.5 Å². The van der Waals surface area contributed by atoms with Crippen LogP contribution in [0.25, 0.3) is 10.2 Å². The van der Waals surface area contributed by atoms with Crippen molar-refractivity contribution in [3.8, 4) is 0 Å². The monoisotopic (exact) mass is 409 g/mol. The van der Waals surface area contributed by atoms with Gasteiger partial charge in [-0.2, -0.15) is 0 Å². The topological polar surface area (TPSA) is 28.5 Å². The predicted molar refractivity (Wildman–Crippen MR) is 81.9 cm³/mol. The number of thiazole rings is 1. The van der Waals surface area contributed by atoms with Crippen molar-refractivity contribution in [1.29, 1.82) is 0 Å². The van der Waals surface area contributed by atoms with Crippen molar-refractivity contribution in [2.24, 2.45) is 4.99 Å². The number of hydrogen-bond donors (Lipinski definition) is 0. The second-order valence-electron chi connectivity index (χ2n) is 3.43. The smallest absolute Gasteiger partial charge is 0.0976 e. The van der Waals surface area contributed by atoms with Gasteiger partial charge in [0.25, 0.3) is 0 Å². The minimum Gasteiger partial charge on any atom is -0.369 e. The fraction of sp³-hybridized carbons (Fsp3) is 0.200. The molecule has 0 saturated carbocycles. The SMILES string of the molecule is CN(C)/C=N/c1c(I)cc(Br)c2ncsc12. The van der Waals surface area contributed by atoms with E-state index in [-0.39, 0.29) is 0 Å². The minimum atomic E-state index is 0.983. The molecule has 0 unspecified atom stereocenters. The largest absolute Gasteiger partial charge is 0.369 e. The lowest BCUT2D eigenvalue weighted by molar-refractivity contribution is 0.643. The highest BCUT2D eigenvalue weighted by atomic mass is 127. The summed E-state index contributed by atoms with van der Waals surface area (Å²) in [5, 5.41) is 0. The second-order valence-corrected chi connectivity index (χ2v) is 6.30. The first-order valence-electron chi connectivity index (χ1n) is 4.51. The summed E-state index contributed by atoms with van der Waals surface area (Å²) in [6.45, 7) is 0. The molecule has 2 aromatic rings. The standard InChI is InChI=1S/C10H9BrIN3S/c1-15(2)4-13-9-7(12)3-6(11)8-10(9)16-5-14-8/h3-5H,1-2H3/b13-4+. The lowest BCUT2D eigenvalue weighted by Crippen LogP contribution is -2.07. The van der Waals surface area contributed by atoms with Gasteiger partial charge in [-0.15, -0.1) is 11.3 Å². The van der Waals surface area contributed by atoms with Gasteiger partial charge in [0.1, 0.15) is 0 Å². The normalized spacial score (nSPS) is 11.5. The van der Waals surface area contributed by atoms with Gasteiger partial charge in [0, 0.05) is 22.1 Å². The molecule has 0 saturated heterocycles. The van der Waals surface area contributed by atoms with Crippen LogP contribution in [-0.2, 0) is 0 Å². The molecule has 2 rings (SSSR count). The summed E-state index contributed by atoms with van der Waals surface area (Å²) in [5.74, 6) is 0. The van der Waals surface area contributed by atoms with Crippen LogP contribution >= 0.6 is 49.9 Å². The van der Waals surface area contributed by atoms with Crippen LogP contribution in [0.5, 0.6) is 0 Å². The molecule has 1 aromatic heterocycles. The molecule has 1 aromatic carbocycles. The fourth-order valence-electron chi connectivity index (χ4n) is 1.23. The van der Waals surface area contributed by atoms with Crippen LogP contribution in [-0.4, -0.2) is 30.3 Å². The van der Waals surface area contributed by atoms with Crippen molar-refractivity contribution in [2.45, 2.75) is 0 Å². The number of nitrogens with zero attached hydrogens (tertiary/aromatic N) is 3. The molecule has 0 bridgehead atoms. The Labute approximate surface area is 120 Å². The molecule has 3 nitrogen and oxygen atoms in total. The van der Waals surface area contributed by atoms with Gasteiger partial charge in [0.2, 0.25) is 0 Å². The number of halogens is 2. The number of benzene rings is 1. The number of aliphatic imine (C=N–C) groups is 1. The van der Waals surface area contributed by atoms with Crippen molar-refractivity contribution in [3.05, 3.63) is 19.6 Å². The van der Waals surface area contributed by atoms with Crippen LogP contribution in [0.1, 0.15) is 0 Å². The van der Waals surface area contributed by atoms with Crippen LogP contribution in [0.4, 0.5) is 5.69 Å². The van der Waals surface area contributed by atoms with Crippen LogP contribution in [0.2, 0.25) is 0 Å². The summed E-state index contributed by atoms with van der Waals surface area (Å²) in [7, 11) is 3.91. The van der Waals surface area contributed by atoms with E-state index in [4.69, 9.17) is 0 Å². The summed E-state index contributed by atoms with van der Waals surface area (Å²) in [4.78, 5) is 10.7. The predicted octanol–water partition coefficient (Wildman–Crippen LogP) is 3.88. The molecule has 0 fully saturated rings. The zero-order valence-corrected chi connectivity index (χ0v) is 13.3. The van der Waals surface area contributed by atoms with E-state index in [1.54, 1.807) is 11.3 Å². The summed E-state index contributed by atoms with van der Waals surface area (Å²) in [6, 6.07) is 2.05. The van der Waals surface area contributed by atoms with E-state index in [1.807, 2.05) is 36.9 Å². The van der Waals surface area contributed by atoms with Gasteiger partial charge in [0.15, 0.2) is 0 Å². The van der Waals surface area contributed by atoms with E-state index in [0.29, 0.717) is 0 Å². The molecule has 0 spiro atoms. The Balaban J connectivity index is 2.63. The average Bonchev–Trinajstić information content (AvgIpc) is 2.65. The number of hydrogen-bond acceptors (Lipinski definition) is 3. The summed E-state index contributed by atoms with van der Waals surface area (Å²) in [5.41, 5.74) is 3.83. The van der Waals surface area contributed by atoms with Gasteiger partial charge < -0.3 is 4.90 Å². The highest BCUT2D eigenvalue weighted by Crippen LogP contribution is 2.37. The maximum Gasteiger partial charge on any atom is 0.0976 e. The first kappa shape index (κ1) is 12.3. The van der Waals surface area contributed by atoms with E-state index in [0.717, 1.165) is 23.9 Å². The van der Waals surface area contributed by atoms with Crippen molar-refractivity contribution in [3.63, 3.8) is 0 Å². The van der Waals surface area contributed by atoms with Gasteiger partial charge in [-0.1, -0.05) is 0 Å². The van der Waals surface area contributed by atoms with Crippen molar-refractivity contribution in [2.75, 3.05) is 14.1 Å². The molecule has 0 aliphatic heterocycles. The molecule has 0 radical (unpaired) electrons. The van der Waals surface area contributed by atoms with Crippen LogP contribution in [0.3, 0.4) is 0 Å². The molecule has 84 valence electrons. The Morgan fingerprint density at radius 2 is 2.31 bits per heavy atom. The second kappa shape index (κ2) is 4.97. The Kier molecular flexibility index (Phi) is 3.81. The van der Waals surface area contributed by atoms with E-state index < -0.39 is 0 Å². The number of aromatic nitrogens is 1. The van der Waals surface area contributed by atoms with Crippen LogP contribution < -0.4 is 0 Å². The Morgan fingerprint density at radius 1 is 1.56 bits per heavy atom. The van der Waals surface area contributed by atoms with Crippen molar-refractivity contribution >= 4 is 72.1 Å². The number of fused-ring (bicyclic) bond motifs is 1. The summed E-state index contributed by atoms with van der Waals surface area (Å²) < 4.78 is 3.27. The van der Waals surface area contributed by atoms with Crippen molar-refractivity contribution < 1.29 is 0 Å². The lowest BCUT2D eigenvalue weighted by Gasteiger charge is -2.05. The van der Waals surface area contributed by atoms with Crippen molar-refractivity contribution in [1.82, 2.24) is 9.88 Å². The van der Waals surface area contributed by atoms with Crippen LogP contribution in [0.15, 0.2) is 21.0 Å². The maximum absolute atomic E-state index is 4.49. The highest BCUT2D eigenvalue weighted by molar-refractivity contribution is 14.1. The zero-order valence-electron chi connectivity index (χ0n) is 8.74. The molecular weight excluding hydrogens is 401 g/mol. The van der Waals surface area contributed by atoms with Gasteiger partial charge in [0.05, 0.1) is 27.8 Å². The molecule has 16 heavy (non-hydrogen) atoms. The highest BCUT2D eigenvalue weighted by Gasteiger charge is 2.10. The molecule has 1 heterocycles. The number of rotatable bonds is 2. The first-order chi connectivity index (χ1) is 7.59. The molecule has 0 atom stereocenters. The van der Waals surface area contributed by atoms with Gasteiger partial charge in [-0.25, -0.2) is 9.98 Å². The van der Waals surface area contributed by atoms with E-state index in [9.17, 15) is 0 Å². The average molecular weight is 410 g/mol. The van der Waals surface area contributed by atoms with E-state index in [1.165, 1.54) is 0 Å². The van der Waals surface area contributed by atoms with Gasteiger partial charge in [-0.05, 0) is 44.6 Å². The molecule has 0 N–H and O–H groups in total. The fourth-order valence-corrected chi connectivity index (χ4v) is 4.04. The first-order valence-corrected chi connectivity index (χ1v) is 7.26. The van der Waals surface area contributed by atoms with E-state index >= 15 is 0 Å². The molecular formula is C10H9BrIN3S. The third-order valence-corrected chi connectivity index (χ3v) is 4.17. The quantitative estimate of drug-likeness (QED) is 0.427. The zero-order chi connectivity index (χ0) is 11.7. The Hall–Kier alpha value is -0.210. The maximum atomic E-state index is 4.49.